The Hall–Kier alpha value is -1.84. The first-order chi connectivity index (χ1) is 15.1. The van der Waals surface area contributed by atoms with Crippen LogP contribution in [0.15, 0.2) is 30.3 Å². The lowest BCUT2D eigenvalue weighted by Gasteiger charge is -2.29. The summed E-state index contributed by atoms with van der Waals surface area (Å²) in [6.07, 6.45) is 16.4. The maximum Gasteiger partial charge on any atom is 0.243 e. The number of carbonyl (C=O) groups excluding carboxylic acids is 2. The molecule has 1 atom stereocenters. The second-order valence-electron chi connectivity index (χ2n) is 9.28. The topological polar surface area (TPSA) is 49.4 Å². The average Bonchev–Trinajstić information content (AvgIpc) is 3.05. The van der Waals surface area contributed by atoms with Crippen molar-refractivity contribution < 1.29 is 9.59 Å². The normalized spacial score (nSPS) is 15.8. The van der Waals surface area contributed by atoms with Crippen molar-refractivity contribution in [3.63, 3.8) is 0 Å². The van der Waals surface area contributed by atoms with Gasteiger partial charge in [-0.2, -0.15) is 0 Å². The third kappa shape index (κ3) is 9.88. The van der Waals surface area contributed by atoms with E-state index in [9.17, 15) is 9.59 Å². The summed E-state index contributed by atoms with van der Waals surface area (Å²) in [7, 11) is 1.81. The molecule has 0 bridgehead atoms. The second-order valence-corrected chi connectivity index (χ2v) is 9.28. The predicted molar refractivity (Wildman–Crippen MR) is 129 cm³/mol. The van der Waals surface area contributed by atoms with E-state index in [-0.39, 0.29) is 17.9 Å². The van der Waals surface area contributed by atoms with Crippen molar-refractivity contribution in [2.45, 2.75) is 115 Å². The lowest BCUT2D eigenvalue weighted by Crippen LogP contribution is -2.51. The minimum atomic E-state index is -0.442. The van der Waals surface area contributed by atoms with Crippen LogP contribution in [0.5, 0.6) is 0 Å². The molecular weight excluding hydrogens is 384 g/mol. The Morgan fingerprint density at radius 1 is 0.935 bits per heavy atom. The first-order valence-corrected chi connectivity index (χ1v) is 12.7. The van der Waals surface area contributed by atoms with E-state index in [0.717, 1.165) is 31.2 Å². The molecule has 31 heavy (non-hydrogen) atoms. The highest BCUT2D eigenvalue weighted by molar-refractivity contribution is 5.88. The van der Waals surface area contributed by atoms with Crippen molar-refractivity contribution >= 4 is 11.8 Å². The summed E-state index contributed by atoms with van der Waals surface area (Å²) in [6, 6.07) is 9.87. The summed E-state index contributed by atoms with van der Waals surface area (Å²) >= 11 is 0. The first kappa shape index (κ1) is 25.4. The first-order valence-electron chi connectivity index (χ1n) is 12.7. The quantitative estimate of drug-likeness (QED) is 0.308. The van der Waals surface area contributed by atoms with Gasteiger partial charge in [0, 0.05) is 25.9 Å². The van der Waals surface area contributed by atoms with Crippen LogP contribution in [-0.4, -0.2) is 35.8 Å². The fourth-order valence-corrected chi connectivity index (χ4v) is 4.55. The van der Waals surface area contributed by atoms with E-state index in [1.807, 2.05) is 37.4 Å². The average molecular weight is 429 g/mol. The van der Waals surface area contributed by atoms with Crippen LogP contribution in [0.3, 0.4) is 0 Å². The van der Waals surface area contributed by atoms with Gasteiger partial charge in [0.15, 0.2) is 0 Å². The Morgan fingerprint density at radius 2 is 1.55 bits per heavy atom. The summed E-state index contributed by atoms with van der Waals surface area (Å²) in [4.78, 5) is 27.9. The van der Waals surface area contributed by atoms with Crippen LogP contribution >= 0.6 is 0 Å². The molecule has 0 saturated heterocycles. The van der Waals surface area contributed by atoms with E-state index in [4.69, 9.17) is 0 Å². The minimum absolute atomic E-state index is 0.00571. The van der Waals surface area contributed by atoms with E-state index in [1.54, 1.807) is 4.90 Å². The molecule has 1 N–H and O–H groups in total. The second kappa shape index (κ2) is 15.0. The minimum Gasteiger partial charge on any atom is -0.352 e. The number of likely N-dealkylation sites (N-methyl/N-ethyl adjacent to an activating group) is 1. The van der Waals surface area contributed by atoms with Crippen LogP contribution in [0.4, 0.5) is 0 Å². The van der Waals surface area contributed by atoms with E-state index in [0.29, 0.717) is 12.8 Å². The number of nitrogens with zero attached hydrogens (tertiary/aromatic N) is 1. The molecule has 1 saturated carbocycles. The van der Waals surface area contributed by atoms with Gasteiger partial charge in [-0.05, 0) is 24.8 Å². The number of nitrogens with one attached hydrogen (secondary N) is 1. The number of carbonyl (C=O) groups is 2. The molecule has 0 radical (unpaired) electrons. The van der Waals surface area contributed by atoms with E-state index in [2.05, 4.69) is 12.2 Å². The molecule has 174 valence electrons. The third-order valence-electron chi connectivity index (χ3n) is 6.63. The summed E-state index contributed by atoms with van der Waals surface area (Å²) < 4.78 is 0. The van der Waals surface area contributed by atoms with Gasteiger partial charge in [-0.3, -0.25) is 9.59 Å². The van der Waals surface area contributed by atoms with Crippen LogP contribution in [0, 0.1) is 0 Å². The Morgan fingerprint density at radius 3 is 2.19 bits per heavy atom. The van der Waals surface area contributed by atoms with E-state index < -0.39 is 6.04 Å². The standard InChI is InChI=1S/C27H44N2O2/c1-3-4-5-6-7-8-16-21-26(30)29(2)25(22-23-17-12-11-13-18-23)27(31)28-24-19-14-9-10-15-20-24/h11-13,17-18,24-25H,3-10,14-16,19-22H2,1-2H3,(H,28,31)/t25-/m1/s1. The zero-order valence-corrected chi connectivity index (χ0v) is 19.9. The summed E-state index contributed by atoms with van der Waals surface area (Å²) in [5.41, 5.74) is 1.10. The molecule has 1 aliphatic carbocycles. The van der Waals surface area contributed by atoms with Gasteiger partial charge in [0.2, 0.25) is 11.8 Å². The fraction of sp³-hybridized carbons (Fsp3) is 0.704. The van der Waals surface area contributed by atoms with Crippen molar-refractivity contribution in [2.24, 2.45) is 0 Å². The van der Waals surface area contributed by atoms with Crippen molar-refractivity contribution in [3.05, 3.63) is 35.9 Å². The highest BCUT2D eigenvalue weighted by Crippen LogP contribution is 2.18. The third-order valence-corrected chi connectivity index (χ3v) is 6.63. The molecule has 1 aromatic carbocycles. The Balaban J connectivity index is 1.91. The number of hydrogen-bond acceptors (Lipinski definition) is 2. The summed E-state index contributed by atoms with van der Waals surface area (Å²) in [6.45, 7) is 2.23. The van der Waals surface area contributed by atoms with Crippen LogP contribution in [0.25, 0.3) is 0 Å². The maximum absolute atomic E-state index is 13.2. The molecule has 4 nitrogen and oxygen atoms in total. The van der Waals surface area contributed by atoms with Gasteiger partial charge in [0.05, 0.1) is 0 Å². The van der Waals surface area contributed by atoms with Gasteiger partial charge in [0.1, 0.15) is 6.04 Å². The number of unbranched alkanes of at least 4 members (excludes halogenated alkanes) is 6. The van der Waals surface area contributed by atoms with Gasteiger partial charge < -0.3 is 10.2 Å². The molecule has 1 fully saturated rings. The molecular formula is C27H44N2O2. The van der Waals surface area contributed by atoms with Gasteiger partial charge in [-0.15, -0.1) is 0 Å². The molecule has 2 amide bonds. The lowest BCUT2D eigenvalue weighted by atomic mass is 10.0. The smallest absolute Gasteiger partial charge is 0.243 e. The molecule has 1 aliphatic rings. The number of amides is 2. The van der Waals surface area contributed by atoms with Gasteiger partial charge in [0.25, 0.3) is 0 Å². The van der Waals surface area contributed by atoms with Crippen molar-refractivity contribution in [3.8, 4) is 0 Å². The molecule has 0 unspecified atom stereocenters. The summed E-state index contributed by atoms with van der Waals surface area (Å²) in [5, 5.41) is 3.28. The van der Waals surface area contributed by atoms with Crippen LogP contribution in [0.2, 0.25) is 0 Å². The SMILES string of the molecule is CCCCCCCCCC(=O)N(C)[C@H](Cc1ccccc1)C(=O)NC1CCCCCC1. The Bertz CT molecular complexity index is 623. The summed E-state index contributed by atoms with van der Waals surface area (Å²) in [5.74, 6) is 0.0941. The monoisotopic (exact) mass is 428 g/mol. The maximum atomic E-state index is 13.2. The van der Waals surface area contributed by atoms with Crippen LogP contribution < -0.4 is 5.32 Å². The Labute approximate surface area is 190 Å². The van der Waals surface area contributed by atoms with E-state index >= 15 is 0 Å². The predicted octanol–water partition coefficient (Wildman–Crippen LogP) is 6.04. The van der Waals surface area contributed by atoms with Crippen molar-refractivity contribution in [2.75, 3.05) is 7.05 Å². The molecule has 1 aromatic rings. The largest absolute Gasteiger partial charge is 0.352 e. The molecule has 4 heteroatoms. The highest BCUT2D eigenvalue weighted by Gasteiger charge is 2.28. The lowest BCUT2D eigenvalue weighted by molar-refractivity contribution is -0.139. The van der Waals surface area contributed by atoms with Gasteiger partial charge in [-0.1, -0.05) is 101 Å². The van der Waals surface area contributed by atoms with Crippen molar-refractivity contribution in [1.82, 2.24) is 10.2 Å². The van der Waals surface area contributed by atoms with Crippen molar-refractivity contribution in [1.29, 1.82) is 0 Å². The molecule has 0 aromatic heterocycles. The number of benzene rings is 1. The van der Waals surface area contributed by atoms with Crippen LogP contribution in [0.1, 0.15) is 102 Å². The zero-order valence-electron chi connectivity index (χ0n) is 19.9. The number of hydrogen-bond donors (Lipinski definition) is 1. The fourth-order valence-electron chi connectivity index (χ4n) is 4.55. The van der Waals surface area contributed by atoms with Crippen LogP contribution in [-0.2, 0) is 16.0 Å². The molecule has 0 heterocycles. The number of rotatable bonds is 13. The van der Waals surface area contributed by atoms with Gasteiger partial charge in [-0.25, -0.2) is 0 Å². The zero-order chi connectivity index (χ0) is 22.3. The molecule has 0 spiro atoms. The highest BCUT2D eigenvalue weighted by atomic mass is 16.2. The Kier molecular flexibility index (Phi) is 12.3. The van der Waals surface area contributed by atoms with Gasteiger partial charge >= 0.3 is 0 Å². The molecule has 0 aliphatic heterocycles. The van der Waals surface area contributed by atoms with E-state index in [1.165, 1.54) is 57.8 Å². The molecule has 2 rings (SSSR count).